The summed E-state index contributed by atoms with van der Waals surface area (Å²) in [6.07, 6.45) is 11.7. The molecule has 4 nitrogen and oxygen atoms in total. The van der Waals surface area contributed by atoms with Gasteiger partial charge in [0.05, 0.1) is 0 Å². The summed E-state index contributed by atoms with van der Waals surface area (Å²) in [6, 6.07) is 0.384. The van der Waals surface area contributed by atoms with E-state index in [0.717, 1.165) is 37.2 Å². The Morgan fingerprint density at radius 3 is 3.05 bits per heavy atom. The summed E-state index contributed by atoms with van der Waals surface area (Å²) in [7, 11) is 2.03. The van der Waals surface area contributed by atoms with Gasteiger partial charge in [0.15, 0.2) is 0 Å². The first kappa shape index (κ1) is 15.7. The fraction of sp³-hybridized carbons (Fsp3) is 0.529. The van der Waals surface area contributed by atoms with Crippen LogP contribution in [0, 0.1) is 0 Å². The summed E-state index contributed by atoms with van der Waals surface area (Å²) in [6.45, 7) is 5.17. The Balaban J connectivity index is 2.09. The molecule has 2 unspecified atom stereocenters. The fourth-order valence-corrected chi connectivity index (χ4v) is 2.88. The van der Waals surface area contributed by atoms with Crippen molar-refractivity contribution in [3.05, 3.63) is 47.0 Å². The Labute approximate surface area is 128 Å². The maximum Gasteiger partial charge on any atom is 0.0458 e. The molecule has 2 atom stereocenters. The minimum absolute atomic E-state index is 0.124. The lowest BCUT2D eigenvalue weighted by atomic mass is 9.84. The first-order valence-corrected chi connectivity index (χ1v) is 7.82. The topological polar surface area (TPSA) is 67.3 Å². The summed E-state index contributed by atoms with van der Waals surface area (Å²) in [5.41, 5.74) is 16.8. The molecule has 0 heterocycles. The van der Waals surface area contributed by atoms with Crippen LogP contribution in [0.1, 0.15) is 33.1 Å². The van der Waals surface area contributed by atoms with Gasteiger partial charge in [-0.15, -0.1) is 0 Å². The molecule has 0 saturated carbocycles. The molecular formula is C17H28N4. The standard InChI is InChI=1S/C17H28N4/c1-4-21(3)11-15(19)12(2)20-16-10-6-8-13-7-5-9-14(18)17(13)16/h6,8-9,11-12,16,20H,4-5,7,10,18-19H2,1-3H3/b15-11-. The maximum absolute atomic E-state index is 6.21. The van der Waals surface area contributed by atoms with E-state index < -0.39 is 0 Å². The average molecular weight is 288 g/mol. The molecule has 0 bridgehead atoms. The van der Waals surface area contributed by atoms with E-state index in [-0.39, 0.29) is 12.1 Å². The summed E-state index contributed by atoms with van der Waals surface area (Å²) in [5, 5.41) is 3.63. The molecule has 0 aromatic carbocycles. The van der Waals surface area contributed by atoms with Crippen LogP contribution < -0.4 is 16.8 Å². The van der Waals surface area contributed by atoms with E-state index in [4.69, 9.17) is 11.5 Å². The molecular weight excluding hydrogens is 260 g/mol. The number of hydrogen-bond donors (Lipinski definition) is 3. The Morgan fingerprint density at radius 2 is 2.33 bits per heavy atom. The van der Waals surface area contributed by atoms with E-state index in [2.05, 4.69) is 42.3 Å². The second-order valence-corrected chi connectivity index (χ2v) is 5.92. The maximum atomic E-state index is 6.21. The molecule has 0 aromatic rings. The normalized spacial score (nSPS) is 23.7. The van der Waals surface area contributed by atoms with Crippen molar-refractivity contribution in [3.8, 4) is 0 Å². The molecule has 2 aliphatic rings. The molecule has 0 saturated heterocycles. The van der Waals surface area contributed by atoms with Gasteiger partial charge in [0.2, 0.25) is 0 Å². The van der Waals surface area contributed by atoms with Gasteiger partial charge in [-0.1, -0.05) is 18.2 Å². The molecule has 0 aliphatic heterocycles. The average Bonchev–Trinajstić information content (AvgIpc) is 2.47. The van der Waals surface area contributed by atoms with Crippen molar-refractivity contribution in [3.63, 3.8) is 0 Å². The predicted octanol–water partition coefficient (Wildman–Crippen LogP) is 1.98. The van der Waals surface area contributed by atoms with Crippen molar-refractivity contribution in [2.75, 3.05) is 13.6 Å². The Hall–Kier alpha value is -1.68. The van der Waals surface area contributed by atoms with Gasteiger partial charge in [-0.2, -0.15) is 0 Å². The van der Waals surface area contributed by atoms with E-state index in [0.29, 0.717) is 0 Å². The Kier molecular flexibility index (Phi) is 5.12. The molecule has 5 N–H and O–H groups in total. The van der Waals surface area contributed by atoms with Crippen molar-refractivity contribution in [2.24, 2.45) is 11.5 Å². The van der Waals surface area contributed by atoms with Crippen LogP contribution in [-0.4, -0.2) is 30.6 Å². The van der Waals surface area contributed by atoms with Crippen LogP contribution in [0.5, 0.6) is 0 Å². The third-order valence-corrected chi connectivity index (χ3v) is 4.29. The predicted molar refractivity (Wildman–Crippen MR) is 89.2 cm³/mol. The van der Waals surface area contributed by atoms with Crippen LogP contribution in [0.3, 0.4) is 0 Å². The van der Waals surface area contributed by atoms with Crippen LogP contribution in [0.2, 0.25) is 0 Å². The molecule has 116 valence electrons. The molecule has 0 radical (unpaired) electrons. The largest absolute Gasteiger partial charge is 0.400 e. The fourth-order valence-electron chi connectivity index (χ4n) is 2.88. The molecule has 2 aliphatic carbocycles. The first-order valence-electron chi connectivity index (χ1n) is 7.82. The van der Waals surface area contributed by atoms with Crippen LogP contribution in [-0.2, 0) is 0 Å². The van der Waals surface area contributed by atoms with Gasteiger partial charge >= 0.3 is 0 Å². The number of nitrogens with zero attached hydrogens (tertiary/aromatic N) is 1. The minimum atomic E-state index is 0.124. The van der Waals surface area contributed by atoms with Crippen molar-refractivity contribution in [1.82, 2.24) is 10.2 Å². The zero-order chi connectivity index (χ0) is 15.4. The monoisotopic (exact) mass is 288 g/mol. The van der Waals surface area contributed by atoms with Gasteiger partial charge in [0.1, 0.15) is 0 Å². The zero-order valence-corrected chi connectivity index (χ0v) is 13.4. The second-order valence-electron chi connectivity index (χ2n) is 5.92. The highest BCUT2D eigenvalue weighted by atomic mass is 15.1. The highest BCUT2D eigenvalue weighted by Crippen LogP contribution is 2.31. The lowest BCUT2D eigenvalue weighted by Gasteiger charge is -2.31. The molecule has 2 rings (SSSR count). The van der Waals surface area contributed by atoms with Crippen molar-refractivity contribution < 1.29 is 0 Å². The summed E-state index contributed by atoms with van der Waals surface area (Å²) in [4.78, 5) is 2.09. The first-order chi connectivity index (χ1) is 10.0. The van der Waals surface area contributed by atoms with Gasteiger partial charge in [0.25, 0.3) is 0 Å². The quantitative estimate of drug-likeness (QED) is 0.723. The Bertz CT molecular complexity index is 499. The molecule has 4 heteroatoms. The Morgan fingerprint density at radius 1 is 1.57 bits per heavy atom. The smallest absolute Gasteiger partial charge is 0.0458 e. The summed E-state index contributed by atoms with van der Waals surface area (Å²) >= 11 is 0. The third-order valence-electron chi connectivity index (χ3n) is 4.29. The van der Waals surface area contributed by atoms with Crippen molar-refractivity contribution >= 4 is 0 Å². The second kappa shape index (κ2) is 6.85. The van der Waals surface area contributed by atoms with E-state index in [1.807, 2.05) is 13.2 Å². The van der Waals surface area contributed by atoms with Crippen LogP contribution in [0.4, 0.5) is 0 Å². The summed E-state index contributed by atoms with van der Waals surface area (Å²) in [5.74, 6) is 0. The van der Waals surface area contributed by atoms with Gasteiger partial charge in [-0.25, -0.2) is 0 Å². The minimum Gasteiger partial charge on any atom is -0.400 e. The molecule has 0 aromatic heterocycles. The lowest BCUT2D eigenvalue weighted by Crippen LogP contribution is -2.43. The highest BCUT2D eigenvalue weighted by molar-refractivity contribution is 5.47. The van der Waals surface area contributed by atoms with Crippen LogP contribution in [0.15, 0.2) is 47.0 Å². The molecule has 0 spiro atoms. The van der Waals surface area contributed by atoms with Crippen molar-refractivity contribution in [1.29, 1.82) is 0 Å². The van der Waals surface area contributed by atoms with Gasteiger partial charge in [-0.3, -0.25) is 0 Å². The number of nitrogens with one attached hydrogen (secondary N) is 1. The van der Waals surface area contributed by atoms with Gasteiger partial charge in [-0.05, 0) is 44.3 Å². The van der Waals surface area contributed by atoms with E-state index in [1.54, 1.807) is 0 Å². The number of allylic oxidation sites excluding steroid dienone is 3. The van der Waals surface area contributed by atoms with E-state index in [9.17, 15) is 0 Å². The third kappa shape index (κ3) is 3.70. The molecule has 0 fully saturated rings. The van der Waals surface area contributed by atoms with Gasteiger partial charge in [0, 0.05) is 43.3 Å². The number of nitrogens with two attached hydrogens (primary N) is 2. The van der Waals surface area contributed by atoms with Crippen LogP contribution >= 0.6 is 0 Å². The number of hydrogen-bond acceptors (Lipinski definition) is 4. The van der Waals surface area contributed by atoms with E-state index in [1.165, 1.54) is 11.1 Å². The van der Waals surface area contributed by atoms with Crippen LogP contribution in [0.25, 0.3) is 0 Å². The van der Waals surface area contributed by atoms with Crippen molar-refractivity contribution in [2.45, 2.75) is 45.2 Å². The lowest BCUT2D eigenvalue weighted by molar-refractivity contribution is 0.460. The van der Waals surface area contributed by atoms with Gasteiger partial charge < -0.3 is 21.7 Å². The zero-order valence-electron chi connectivity index (χ0n) is 13.4. The molecule has 21 heavy (non-hydrogen) atoms. The number of rotatable bonds is 5. The SMILES string of the molecule is CCN(C)/C=C(\N)C(C)NC1CC=CC2=C1C(N)=CCC2. The summed E-state index contributed by atoms with van der Waals surface area (Å²) < 4.78 is 0. The van der Waals surface area contributed by atoms with E-state index >= 15 is 0 Å². The highest BCUT2D eigenvalue weighted by Gasteiger charge is 2.25. The molecule has 0 amide bonds.